The third-order valence-electron chi connectivity index (χ3n) is 2.52. The number of nitrogens with zero attached hydrogens (tertiary/aromatic N) is 1. The molecule has 108 valence electrons. The monoisotopic (exact) mass is 311 g/mol. The van der Waals surface area contributed by atoms with Crippen molar-refractivity contribution in [2.75, 3.05) is 0 Å². The van der Waals surface area contributed by atoms with Gasteiger partial charge in [0.25, 0.3) is 5.69 Å². The Hall–Kier alpha value is -2.67. The van der Waals surface area contributed by atoms with Crippen molar-refractivity contribution in [2.45, 2.75) is 0 Å². The molecule has 0 unspecified atom stereocenters. The number of ether oxygens (including phenoxy) is 1. The summed E-state index contributed by atoms with van der Waals surface area (Å²) in [5.41, 5.74) is -1.06. The molecule has 0 saturated carbocycles. The van der Waals surface area contributed by atoms with Crippen molar-refractivity contribution in [1.82, 2.24) is 0 Å². The van der Waals surface area contributed by atoms with Gasteiger partial charge in [0, 0.05) is 18.2 Å². The third-order valence-corrected chi connectivity index (χ3v) is 2.81. The summed E-state index contributed by atoms with van der Waals surface area (Å²) in [4.78, 5) is 20.9. The summed E-state index contributed by atoms with van der Waals surface area (Å²) >= 11 is 5.59. The highest BCUT2D eigenvalue weighted by Gasteiger charge is 2.20. The zero-order chi connectivity index (χ0) is 15.6. The van der Waals surface area contributed by atoms with Gasteiger partial charge in [0.05, 0.1) is 9.95 Å². The molecule has 1 N–H and O–H groups in total. The fourth-order valence-electron chi connectivity index (χ4n) is 1.59. The quantitative estimate of drug-likeness (QED) is 0.683. The molecule has 0 radical (unpaired) electrons. The Morgan fingerprint density at radius 3 is 2.43 bits per heavy atom. The standard InChI is InChI=1S/C13H7ClFNO5/c14-10-6-8(1-3-11(10)15)21-7-2-4-12(16(19)20)9(5-7)13(17)18/h1-6H,(H,17,18). The lowest BCUT2D eigenvalue weighted by molar-refractivity contribution is -0.385. The molecule has 0 saturated heterocycles. The van der Waals surface area contributed by atoms with Crippen molar-refractivity contribution in [3.05, 3.63) is 62.9 Å². The summed E-state index contributed by atoms with van der Waals surface area (Å²) in [5.74, 6) is -1.85. The molecule has 0 amide bonds. The Kier molecular flexibility index (Phi) is 4.04. The van der Waals surface area contributed by atoms with Crippen LogP contribution < -0.4 is 4.74 Å². The van der Waals surface area contributed by atoms with Gasteiger partial charge in [0.1, 0.15) is 22.9 Å². The van der Waals surface area contributed by atoms with E-state index in [2.05, 4.69) is 0 Å². The fourth-order valence-corrected chi connectivity index (χ4v) is 1.76. The molecular formula is C13H7ClFNO5. The van der Waals surface area contributed by atoms with E-state index in [-0.39, 0.29) is 16.5 Å². The number of nitro groups is 1. The predicted molar refractivity (Wildman–Crippen MR) is 71.5 cm³/mol. The van der Waals surface area contributed by atoms with Gasteiger partial charge in [-0.3, -0.25) is 10.1 Å². The first kappa shape index (κ1) is 14.7. The van der Waals surface area contributed by atoms with Gasteiger partial charge in [0.2, 0.25) is 0 Å². The molecule has 0 aliphatic carbocycles. The first-order valence-electron chi connectivity index (χ1n) is 5.53. The molecule has 0 aliphatic rings. The van der Waals surface area contributed by atoms with Crippen molar-refractivity contribution < 1.29 is 24.0 Å². The summed E-state index contributed by atoms with van der Waals surface area (Å²) < 4.78 is 18.3. The maximum Gasteiger partial charge on any atom is 0.342 e. The van der Waals surface area contributed by atoms with Crippen LogP contribution >= 0.6 is 11.6 Å². The van der Waals surface area contributed by atoms with Crippen LogP contribution in [0.25, 0.3) is 0 Å². The van der Waals surface area contributed by atoms with E-state index in [9.17, 15) is 19.3 Å². The fraction of sp³-hybridized carbons (Fsp3) is 0. The molecule has 0 fully saturated rings. The molecule has 2 aromatic rings. The summed E-state index contributed by atoms with van der Waals surface area (Å²) in [6, 6.07) is 6.85. The number of carbonyl (C=O) groups is 1. The van der Waals surface area contributed by atoms with E-state index in [1.165, 1.54) is 18.2 Å². The number of aromatic carboxylic acids is 1. The van der Waals surface area contributed by atoms with Gasteiger partial charge in [-0.25, -0.2) is 9.18 Å². The van der Waals surface area contributed by atoms with E-state index in [4.69, 9.17) is 21.4 Å². The van der Waals surface area contributed by atoms with Gasteiger partial charge in [-0.05, 0) is 18.2 Å². The van der Waals surface area contributed by atoms with Gasteiger partial charge < -0.3 is 9.84 Å². The molecule has 0 aromatic heterocycles. The van der Waals surface area contributed by atoms with Crippen LogP contribution in [-0.2, 0) is 0 Å². The first-order valence-corrected chi connectivity index (χ1v) is 5.91. The lowest BCUT2D eigenvalue weighted by Gasteiger charge is -2.07. The highest BCUT2D eigenvalue weighted by Crippen LogP contribution is 2.29. The summed E-state index contributed by atoms with van der Waals surface area (Å²) in [6.07, 6.45) is 0. The van der Waals surface area contributed by atoms with Gasteiger partial charge >= 0.3 is 5.97 Å². The van der Waals surface area contributed by atoms with Crippen LogP contribution in [0.5, 0.6) is 11.5 Å². The molecule has 0 heterocycles. The molecule has 6 nitrogen and oxygen atoms in total. The van der Waals surface area contributed by atoms with Crippen molar-refractivity contribution in [3.63, 3.8) is 0 Å². The van der Waals surface area contributed by atoms with Gasteiger partial charge in [0.15, 0.2) is 0 Å². The molecule has 8 heteroatoms. The van der Waals surface area contributed by atoms with Crippen molar-refractivity contribution in [3.8, 4) is 11.5 Å². The minimum atomic E-state index is -1.45. The minimum absolute atomic E-state index is 0.0562. The maximum atomic E-state index is 13.0. The molecule has 0 aliphatic heterocycles. The lowest BCUT2D eigenvalue weighted by Crippen LogP contribution is -2.02. The molecule has 2 aromatic carbocycles. The number of rotatable bonds is 4. The maximum absolute atomic E-state index is 13.0. The van der Waals surface area contributed by atoms with Crippen LogP contribution in [0.3, 0.4) is 0 Å². The third kappa shape index (κ3) is 3.26. The first-order chi connectivity index (χ1) is 9.88. The Bertz CT molecular complexity index is 734. The van der Waals surface area contributed by atoms with Crippen LogP contribution in [0.1, 0.15) is 10.4 Å². The second kappa shape index (κ2) is 5.76. The lowest BCUT2D eigenvalue weighted by atomic mass is 10.1. The van der Waals surface area contributed by atoms with Crippen LogP contribution in [0, 0.1) is 15.9 Å². The summed E-state index contributed by atoms with van der Waals surface area (Å²) in [5, 5.41) is 19.5. The second-order valence-electron chi connectivity index (χ2n) is 3.92. The average molecular weight is 312 g/mol. The molecule has 21 heavy (non-hydrogen) atoms. The highest BCUT2D eigenvalue weighted by molar-refractivity contribution is 6.30. The van der Waals surface area contributed by atoms with Crippen LogP contribution in [-0.4, -0.2) is 16.0 Å². The second-order valence-corrected chi connectivity index (χ2v) is 4.33. The van der Waals surface area contributed by atoms with E-state index in [0.717, 1.165) is 18.2 Å². The normalized spacial score (nSPS) is 10.2. The average Bonchev–Trinajstić information content (AvgIpc) is 2.42. The Balaban J connectivity index is 2.36. The van der Waals surface area contributed by atoms with Crippen LogP contribution in [0.15, 0.2) is 36.4 Å². The molecule has 0 atom stereocenters. The van der Waals surface area contributed by atoms with Crippen LogP contribution in [0.4, 0.5) is 10.1 Å². The Morgan fingerprint density at radius 2 is 1.86 bits per heavy atom. The molecule has 2 rings (SSSR count). The number of benzene rings is 2. The van der Waals surface area contributed by atoms with Gasteiger partial charge in [-0.1, -0.05) is 11.6 Å². The van der Waals surface area contributed by atoms with E-state index < -0.39 is 28.0 Å². The van der Waals surface area contributed by atoms with Crippen molar-refractivity contribution >= 4 is 23.3 Å². The number of carboxylic acids is 1. The zero-order valence-electron chi connectivity index (χ0n) is 10.2. The summed E-state index contributed by atoms with van der Waals surface area (Å²) in [7, 11) is 0. The highest BCUT2D eigenvalue weighted by atomic mass is 35.5. The molecule has 0 bridgehead atoms. The Labute approximate surface area is 122 Å². The number of carboxylic acid groups (broad SMARTS) is 1. The van der Waals surface area contributed by atoms with E-state index >= 15 is 0 Å². The smallest absolute Gasteiger partial charge is 0.342 e. The largest absolute Gasteiger partial charge is 0.477 e. The number of nitro benzene ring substituents is 1. The number of hydrogen-bond acceptors (Lipinski definition) is 4. The molecular weight excluding hydrogens is 305 g/mol. The predicted octanol–water partition coefficient (Wildman–Crippen LogP) is 3.88. The topological polar surface area (TPSA) is 89.7 Å². The number of halogens is 2. The zero-order valence-corrected chi connectivity index (χ0v) is 11.0. The minimum Gasteiger partial charge on any atom is -0.477 e. The van der Waals surface area contributed by atoms with E-state index in [1.807, 2.05) is 0 Å². The number of hydrogen-bond donors (Lipinski definition) is 1. The van der Waals surface area contributed by atoms with Crippen molar-refractivity contribution in [1.29, 1.82) is 0 Å². The van der Waals surface area contributed by atoms with Gasteiger partial charge in [-0.2, -0.15) is 0 Å². The molecule has 0 spiro atoms. The Morgan fingerprint density at radius 1 is 1.24 bits per heavy atom. The SMILES string of the molecule is O=C(O)c1cc(Oc2ccc(F)c(Cl)c2)ccc1[N+](=O)[O-]. The van der Waals surface area contributed by atoms with Crippen molar-refractivity contribution in [2.24, 2.45) is 0 Å². The van der Waals surface area contributed by atoms with Gasteiger partial charge in [-0.15, -0.1) is 0 Å². The van der Waals surface area contributed by atoms with E-state index in [1.54, 1.807) is 0 Å². The van der Waals surface area contributed by atoms with Crippen LogP contribution in [0.2, 0.25) is 5.02 Å². The summed E-state index contributed by atoms with van der Waals surface area (Å²) in [6.45, 7) is 0. The van der Waals surface area contributed by atoms with E-state index in [0.29, 0.717) is 0 Å².